The summed E-state index contributed by atoms with van der Waals surface area (Å²) < 4.78 is 16.1. The number of allylic oxidation sites excluding steroid dienone is 14. The zero-order valence-corrected chi connectivity index (χ0v) is 20.8. The number of rotatable bonds is 3. The van der Waals surface area contributed by atoms with E-state index in [2.05, 4.69) is 86.7 Å². The number of aromatic amines is 1. The van der Waals surface area contributed by atoms with Crippen molar-refractivity contribution >= 4 is 11.1 Å². The highest BCUT2D eigenvalue weighted by Crippen LogP contribution is 2.32. The van der Waals surface area contributed by atoms with Crippen LogP contribution in [0.2, 0.25) is 0 Å². The topological polar surface area (TPSA) is 59.4 Å². The highest BCUT2D eigenvalue weighted by molar-refractivity contribution is 5.85. The van der Waals surface area contributed by atoms with Gasteiger partial charge in [-0.05, 0) is 66.7 Å². The van der Waals surface area contributed by atoms with E-state index in [1.807, 2.05) is 0 Å². The lowest BCUT2D eigenvalue weighted by atomic mass is 9.96. The lowest BCUT2D eigenvalue weighted by molar-refractivity contribution is 0.610. The summed E-state index contributed by atoms with van der Waals surface area (Å²) in [6, 6.07) is 3.12. The van der Waals surface area contributed by atoms with Gasteiger partial charge in [0, 0.05) is 24.7 Å². The molecule has 184 valence electrons. The maximum atomic E-state index is 13.8. The van der Waals surface area contributed by atoms with Crippen molar-refractivity contribution in [1.82, 2.24) is 24.7 Å². The third-order valence-electron chi connectivity index (χ3n) is 6.93. The van der Waals surface area contributed by atoms with Crippen LogP contribution in [0.3, 0.4) is 0 Å². The number of halogens is 1. The molecule has 0 saturated heterocycles. The maximum Gasteiger partial charge on any atom is 0.144 e. The lowest BCUT2D eigenvalue weighted by Crippen LogP contribution is -2.03. The second-order valence-corrected chi connectivity index (χ2v) is 9.43. The van der Waals surface area contributed by atoms with Gasteiger partial charge in [-0.15, -0.1) is 0 Å². The fourth-order valence-electron chi connectivity index (χ4n) is 4.93. The molecule has 1 N–H and O–H groups in total. The summed E-state index contributed by atoms with van der Waals surface area (Å²) in [4.78, 5) is 9.40. The molecule has 0 radical (unpaired) electrons. The van der Waals surface area contributed by atoms with E-state index < -0.39 is 0 Å². The Labute approximate surface area is 215 Å². The molecule has 6 heteroatoms. The first-order valence-corrected chi connectivity index (χ1v) is 12.7. The highest BCUT2D eigenvalue weighted by Gasteiger charge is 2.16. The summed E-state index contributed by atoms with van der Waals surface area (Å²) in [5.74, 6) is 0.850. The predicted molar refractivity (Wildman–Crippen MR) is 146 cm³/mol. The van der Waals surface area contributed by atoms with Gasteiger partial charge in [0.1, 0.15) is 11.6 Å². The zero-order chi connectivity index (χ0) is 25.2. The molecule has 0 bridgehead atoms. The third-order valence-corrected chi connectivity index (χ3v) is 6.93. The molecule has 5 nitrogen and oxygen atoms in total. The first kappa shape index (κ1) is 23.1. The molecule has 0 unspecified atom stereocenters. The first-order valence-electron chi connectivity index (χ1n) is 12.7. The highest BCUT2D eigenvalue weighted by atomic mass is 19.1. The Hall–Kier alpha value is -4.32. The number of hydrogen-bond donors (Lipinski definition) is 1. The minimum atomic E-state index is -0.316. The molecule has 0 atom stereocenters. The standard InChI is InChI=1S/C31H28FN5/c1-21-27(32)15-16-28(34-21)31-26(19-33-36-31)23-9-7-10-24-18-25(11-6-8-22(24)13-14-23)29-20-37-17-5-3-2-4-12-30(37)35-29/h2-3,7-11,13-16,18-20H,4-6,12,17H2,1H3,(H,33,36)/b3-2+,10-7+,14-13?,23-9?. The van der Waals surface area contributed by atoms with Gasteiger partial charge in [0.05, 0.1) is 29.0 Å². The number of aromatic nitrogens is 5. The summed E-state index contributed by atoms with van der Waals surface area (Å²) in [6.07, 6.45) is 29.7. The van der Waals surface area contributed by atoms with Crippen molar-refractivity contribution in [3.05, 3.63) is 125 Å². The summed E-state index contributed by atoms with van der Waals surface area (Å²) in [7, 11) is 0. The van der Waals surface area contributed by atoms with Gasteiger partial charge < -0.3 is 4.57 Å². The van der Waals surface area contributed by atoms with Gasteiger partial charge >= 0.3 is 0 Å². The average molecular weight is 490 g/mol. The molecular weight excluding hydrogens is 461 g/mol. The van der Waals surface area contributed by atoms with Crippen LogP contribution in [0.1, 0.15) is 42.0 Å². The minimum Gasteiger partial charge on any atom is -0.334 e. The predicted octanol–water partition coefficient (Wildman–Crippen LogP) is 6.86. The van der Waals surface area contributed by atoms with Crippen LogP contribution in [0.25, 0.3) is 22.5 Å². The van der Waals surface area contributed by atoms with Crippen molar-refractivity contribution in [1.29, 1.82) is 0 Å². The minimum absolute atomic E-state index is 0.316. The molecule has 0 amide bonds. The monoisotopic (exact) mass is 489 g/mol. The Morgan fingerprint density at radius 1 is 0.919 bits per heavy atom. The van der Waals surface area contributed by atoms with Crippen LogP contribution in [0.15, 0.2) is 96.4 Å². The normalized spacial score (nSPS) is 19.0. The molecular formula is C31H28FN5. The number of fused-ring (bicyclic) bond motifs is 2. The van der Waals surface area contributed by atoms with Gasteiger partial charge in [-0.1, -0.05) is 54.7 Å². The molecule has 6 rings (SSSR count). The number of nitrogens with one attached hydrogen (secondary N) is 1. The Balaban J connectivity index is 1.30. The first-order chi connectivity index (χ1) is 18.2. The molecule has 3 aliphatic rings. The van der Waals surface area contributed by atoms with E-state index in [4.69, 9.17) is 4.98 Å². The molecule has 37 heavy (non-hydrogen) atoms. The van der Waals surface area contributed by atoms with Crippen LogP contribution in [-0.4, -0.2) is 24.7 Å². The number of pyridine rings is 1. The molecule has 0 saturated carbocycles. The number of imidazole rings is 1. The third kappa shape index (κ3) is 4.75. The Morgan fingerprint density at radius 2 is 1.78 bits per heavy atom. The van der Waals surface area contributed by atoms with Crippen LogP contribution < -0.4 is 0 Å². The van der Waals surface area contributed by atoms with E-state index in [-0.39, 0.29) is 5.82 Å². The van der Waals surface area contributed by atoms with E-state index in [9.17, 15) is 4.39 Å². The molecule has 0 spiro atoms. The van der Waals surface area contributed by atoms with Gasteiger partial charge in [-0.2, -0.15) is 5.10 Å². The van der Waals surface area contributed by atoms with Crippen molar-refractivity contribution in [3.8, 4) is 11.4 Å². The zero-order valence-electron chi connectivity index (χ0n) is 20.8. The van der Waals surface area contributed by atoms with Gasteiger partial charge in [0.2, 0.25) is 0 Å². The smallest absolute Gasteiger partial charge is 0.144 e. The second-order valence-electron chi connectivity index (χ2n) is 9.43. The summed E-state index contributed by atoms with van der Waals surface area (Å²) in [5.41, 5.74) is 8.24. The average Bonchev–Trinajstić information content (AvgIpc) is 3.45. The van der Waals surface area contributed by atoms with Crippen LogP contribution in [0, 0.1) is 12.7 Å². The van der Waals surface area contributed by atoms with E-state index in [0.29, 0.717) is 11.4 Å². The fourth-order valence-corrected chi connectivity index (χ4v) is 4.93. The van der Waals surface area contributed by atoms with Crippen molar-refractivity contribution in [2.75, 3.05) is 0 Å². The van der Waals surface area contributed by atoms with Crippen molar-refractivity contribution in [3.63, 3.8) is 0 Å². The van der Waals surface area contributed by atoms with E-state index >= 15 is 0 Å². The number of nitrogens with zero attached hydrogens (tertiary/aromatic N) is 4. The van der Waals surface area contributed by atoms with Crippen LogP contribution in [0.5, 0.6) is 0 Å². The van der Waals surface area contributed by atoms with Gasteiger partial charge in [-0.25, -0.2) is 14.4 Å². The summed E-state index contributed by atoms with van der Waals surface area (Å²) in [5, 5.41) is 7.29. The Morgan fingerprint density at radius 3 is 2.70 bits per heavy atom. The fraction of sp³-hybridized carbons (Fsp3) is 0.194. The quantitative estimate of drug-likeness (QED) is 0.409. The Bertz CT molecular complexity index is 1540. The largest absolute Gasteiger partial charge is 0.334 e. The maximum absolute atomic E-state index is 13.8. The van der Waals surface area contributed by atoms with Crippen molar-refractivity contribution < 1.29 is 4.39 Å². The van der Waals surface area contributed by atoms with E-state index in [1.54, 1.807) is 19.2 Å². The summed E-state index contributed by atoms with van der Waals surface area (Å²) >= 11 is 0. The molecule has 3 aromatic rings. The van der Waals surface area contributed by atoms with E-state index in [0.717, 1.165) is 71.5 Å². The van der Waals surface area contributed by atoms with Gasteiger partial charge in [0.25, 0.3) is 0 Å². The molecule has 3 aromatic heterocycles. The molecule has 0 aromatic carbocycles. The Kier molecular flexibility index (Phi) is 6.23. The number of hydrogen-bond acceptors (Lipinski definition) is 3. The number of aryl methyl sites for hydroxylation is 3. The lowest BCUT2D eigenvalue weighted by Gasteiger charge is -2.09. The van der Waals surface area contributed by atoms with E-state index in [1.165, 1.54) is 11.9 Å². The van der Waals surface area contributed by atoms with Crippen LogP contribution in [0.4, 0.5) is 4.39 Å². The van der Waals surface area contributed by atoms with Gasteiger partial charge in [0.15, 0.2) is 0 Å². The van der Waals surface area contributed by atoms with Crippen LogP contribution in [-0.2, 0) is 13.0 Å². The van der Waals surface area contributed by atoms with Crippen LogP contribution >= 0.6 is 0 Å². The van der Waals surface area contributed by atoms with Crippen molar-refractivity contribution in [2.45, 2.75) is 39.2 Å². The van der Waals surface area contributed by atoms with Gasteiger partial charge in [-0.3, -0.25) is 5.10 Å². The molecule has 1 aliphatic heterocycles. The second kappa shape index (κ2) is 9.97. The van der Waals surface area contributed by atoms with Crippen molar-refractivity contribution in [2.24, 2.45) is 0 Å². The summed E-state index contributed by atoms with van der Waals surface area (Å²) in [6.45, 7) is 2.64. The SMILES string of the molecule is Cc1nc(-c2[nH]ncc2C2=C/C=C/C3=CC(c4cn5c(n4)CC/C=C/CC5)=CCC=C3C=C2)ccc1F. The molecule has 4 heterocycles. The molecule has 0 fully saturated rings. The number of H-pyrrole nitrogens is 1. The molecule has 2 aliphatic carbocycles.